The highest BCUT2D eigenvalue weighted by Gasteiger charge is 2.28. The summed E-state index contributed by atoms with van der Waals surface area (Å²) in [6.07, 6.45) is 4.59. The number of aromatic nitrogens is 2. The number of aryl methyl sites for hydroxylation is 1. The Hall–Kier alpha value is -2.30. The largest absolute Gasteiger partial charge is 0.444 e. The molecule has 0 saturated heterocycles. The van der Waals surface area contributed by atoms with E-state index in [0.29, 0.717) is 6.54 Å². The van der Waals surface area contributed by atoms with E-state index in [-0.39, 0.29) is 12.1 Å². The Kier molecular flexibility index (Phi) is 4.11. The molecule has 1 amide bonds. The minimum atomic E-state index is -0.469. The van der Waals surface area contributed by atoms with Gasteiger partial charge in [-0.25, -0.2) is 4.79 Å². The van der Waals surface area contributed by atoms with Crippen LogP contribution in [0.4, 0.5) is 4.79 Å². The second-order valence-electron chi connectivity index (χ2n) is 7.48. The van der Waals surface area contributed by atoms with E-state index in [2.05, 4.69) is 35.3 Å². The van der Waals surface area contributed by atoms with Crippen LogP contribution in [0.2, 0.25) is 0 Å². The van der Waals surface area contributed by atoms with Gasteiger partial charge < -0.3 is 9.64 Å². The van der Waals surface area contributed by atoms with Crippen LogP contribution in [-0.4, -0.2) is 39.4 Å². The summed E-state index contributed by atoms with van der Waals surface area (Å²) in [6.45, 7) is 10.5. The van der Waals surface area contributed by atoms with E-state index in [4.69, 9.17) is 4.74 Å². The number of amides is 1. The highest BCUT2D eigenvalue weighted by atomic mass is 16.6. The van der Waals surface area contributed by atoms with E-state index in [9.17, 15) is 4.79 Å². The van der Waals surface area contributed by atoms with Crippen LogP contribution in [-0.2, 0) is 4.74 Å². The smallest absolute Gasteiger partial charge is 0.410 e. The van der Waals surface area contributed by atoms with Crippen molar-refractivity contribution in [2.75, 3.05) is 6.54 Å². The first kappa shape index (κ1) is 16.6. The van der Waals surface area contributed by atoms with Gasteiger partial charge in [-0.15, -0.1) is 0 Å². The van der Waals surface area contributed by atoms with Crippen LogP contribution in [0.3, 0.4) is 0 Å². The van der Waals surface area contributed by atoms with Crippen LogP contribution in [0.1, 0.15) is 45.2 Å². The van der Waals surface area contributed by atoms with Crippen molar-refractivity contribution < 1.29 is 9.53 Å². The molecule has 0 spiro atoms. The maximum Gasteiger partial charge on any atom is 0.410 e. The van der Waals surface area contributed by atoms with E-state index in [0.717, 1.165) is 17.3 Å². The molecule has 2 heterocycles. The molecule has 1 aromatic carbocycles. The quantitative estimate of drug-likeness (QED) is 0.850. The molecule has 0 bridgehead atoms. The molecule has 24 heavy (non-hydrogen) atoms. The molecular formula is C19H25N3O2. The summed E-state index contributed by atoms with van der Waals surface area (Å²) in [4.78, 5) is 14.1. The van der Waals surface area contributed by atoms with Crippen molar-refractivity contribution in [1.82, 2.24) is 15.1 Å². The predicted molar refractivity (Wildman–Crippen MR) is 95.8 cm³/mol. The zero-order chi connectivity index (χ0) is 17.5. The average Bonchev–Trinajstić information content (AvgIpc) is 2.91. The average molecular weight is 327 g/mol. The summed E-state index contributed by atoms with van der Waals surface area (Å²) in [6, 6.07) is 4.32. The molecule has 0 saturated carbocycles. The fourth-order valence-electron chi connectivity index (χ4n) is 3.16. The van der Waals surface area contributed by atoms with E-state index >= 15 is 0 Å². The second kappa shape index (κ2) is 5.96. The van der Waals surface area contributed by atoms with E-state index in [1.165, 1.54) is 16.7 Å². The minimum absolute atomic E-state index is 0.0143. The van der Waals surface area contributed by atoms with Gasteiger partial charge in [0.05, 0.1) is 17.8 Å². The van der Waals surface area contributed by atoms with Crippen molar-refractivity contribution in [2.24, 2.45) is 0 Å². The molecule has 1 N–H and O–H groups in total. The maximum absolute atomic E-state index is 12.3. The molecule has 1 aromatic heterocycles. The van der Waals surface area contributed by atoms with Crippen molar-refractivity contribution in [3.05, 3.63) is 35.5 Å². The van der Waals surface area contributed by atoms with Gasteiger partial charge in [0.2, 0.25) is 0 Å². The normalized spacial score (nSPS) is 18.6. The lowest BCUT2D eigenvalue weighted by atomic mass is 9.92. The van der Waals surface area contributed by atoms with Crippen LogP contribution in [0.5, 0.6) is 0 Å². The van der Waals surface area contributed by atoms with Crippen molar-refractivity contribution in [2.45, 2.75) is 52.7 Å². The van der Waals surface area contributed by atoms with Crippen molar-refractivity contribution in [1.29, 1.82) is 0 Å². The molecular weight excluding hydrogens is 302 g/mol. The maximum atomic E-state index is 12.3. The Balaban J connectivity index is 1.85. The number of hydrogen-bond acceptors (Lipinski definition) is 3. The molecule has 0 radical (unpaired) electrons. The SMILES string of the molecule is Cc1cc2cn[nH]c2cc1C1=CC(C)N(C(=O)OC(C)(C)C)CC1. The van der Waals surface area contributed by atoms with Crippen LogP contribution >= 0.6 is 0 Å². The highest BCUT2D eigenvalue weighted by Crippen LogP contribution is 2.30. The second-order valence-corrected chi connectivity index (χ2v) is 7.48. The molecule has 2 aromatic rings. The van der Waals surface area contributed by atoms with Crippen LogP contribution in [0.25, 0.3) is 16.5 Å². The number of ether oxygens (including phenoxy) is 1. The fraction of sp³-hybridized carbons (Fsp3) is 0.474. The van der Waals surface area contributed by atoms with E-state index in [1.807, 2.05) is 33.9 Å². The summed E-state index contributed by atoms with van der Waals surface area (Å²) in [5, 5.41) is 8.25. The van der Waals surface area contributed by atoms with Gasteiger partial charge in [-0.1, -0.05) is 6.08 Å². The van der Waals surface area contributed by atoms with Gasteiger partial charge in [0.1, 0.15) is 5.60 Å². The zero-order valence-corrected chi connectivity index (χ0v) is 15.0. The standard InChI is InChI=1S/C19H25N3O2/c1-12-8-15-11-20-21-17(15)10-16(12)14-6-7-22(13(2)9-14)18(23)24-19(3,4)5/h8-11,13H,6-7H2,1-5H3,(H,20,21). The van der Waals surface area contributed by atoms with E-state index in [1.54, 1.807) is 4.90 Å². The number of carbonyl (C=O) groups excluding carboxylic acids is 1. The zero-order valence-electron chi connectivity index (χ0n) is 15.0. The molecule has 128 valence electrons. The Morgan fingerprint density at radius 3 is 2.79 bits per heavy atom. The predicted octanol–water partition coefficient (Wildman–Crippen LogP) is 4.28. The minimum Gasteiger partial charge on any atom is -0.444 e. The van der Waals surface area contributed by atoms with Crippen LogP contribution in [0.15, 0.2) is 24.4 Å². The molecule has 1 aliphatic heterocycles. The molecule has 1 unspecified atom stereocenters. The molecule has 1 aliphatic rings. The first-order chi connectivity index (χ1) is 11.2. The first-order valence-electron chi connectivity index (χ1n) is 8.39. The molecule has 3 rings (SSSR count). The number of hydrogen-bond donors (Lipinski definition) is 1. The number of fused-ring (bicyclic) bond motifs is 1. The number of nitrogens with zero attached hydrogens (tertiary/aromatic N) is 2. The number of H-pyrrole nitrogens is 1. The van der Waals surface area contributed by atoms with Crippen molar-refractivity contribution in [3.8, 4) is 0 Å². The number of nitrogens with one attached hydrogen (secondary N) is 1. The first-order valence-corrected chi connectivity index (χ1v) is 8.39. The van der Waals surface area contributed by atoms with Crippen molar-refractivity contribution >= 4 is 22.6 Å². The number of aromatic amines is 1. The monoisotopic (exact) mass is 327 g/mol. The van der Waals surface area contributed by atoms with Gasteiger partial charge in [-0.05, 0) is 69.9 Å². The van der Waals surface area contributed by atoms with Gasteiger partial charge in [-0.2, -0.15) is 5.10 Å². The Morgan fingerprint density at radius 2 is 2.12 bits per heavy atom. The molecule has 1 atom stereocenters. The summed E-state index contributed by atoms with van der Waals surface area (Å²) in [5.41, 5.74) is 4.30. The lowest BCUT2D eigenvalue weighted by Crippen LogP contribution is -2.43. The third kappa shape index (κ3) is 3.30. The number of benzene rings is 1. The molecule has 5 nitrogen and oxygen atoms in total. The fourth-order valence-corrected chi connectivity index (χ4v) is 3.16. The third-order valence-corrected chi connectivity index (χ3v) is 4.32. The number of rotatable bonds is 1. The molecule has 0 fully saturated rings. The van der Waals surface area contributed by atoms with Crippen LogP contribution < -0.4 is 0 Å². The number of carbonyl (C=O) groups is 1. The summed E-state index contributed by atoms with van der Waals surface area (Å²) in [5.74, 6) is 0. The Bertz CT molecular complexity index is 799. The van der Waals surface area contributed by atoms with Crippen LogP contribution in [0, 0.1) is 6.92 Å². The molecule has 5 heteroatoms. The van der Waals surface area contributed by atoms with Gasteiger partial charge in [0.15, 0.2) is 0 Å². The van der Waals surface area contributed by atoms with Gasteiger partial charge >= 0.3 is 6.09 Å². The Labute approximate surface area is 142 Å². The summed E-state index contributed by atoms with van der Waals surface area (Å²) >= 11 is 0. The summed E-state index contributed by atoms with van der Waals surface area (Å²) in [7, 11) is 0. The lowest BCUT2D eigenvalue weighted by Gasteiger charge is -2.34. The Morgan fingerprint density at radius 1 is 1.38 bits per heavy atom. The topological polar surface area (TPSA) is 58.2 Å². The lowest BCUT2D eigenvalue weighted by molar-refractivity contribution is 0.0209. The third-order valence-electron chi connectivity index (χ3n) is 4.32. The van der Waals surface area contributed by atoms with Gasteiger partial charge in [0.25, 0.3) is 0 Å². The molecule has 0 aliphatic carbocycles. The summed E-state index contributed by atoms with van der Waals surface area (Å²) < 4.78 is 5.50. The van der Waals surface area contributed by atoms with E-state index < -0.39 is 5.60 Å². The van der Waals surface area contributed by atoms with Crippen molar-refractivity contribution in [3.63, 3.8) is 0 Å². The highest BCUT2D eigenvalue weighted by molar-refractivity contribution is 5.85. The van der Waals surface area contributed by atoms with Gasteiger partial charge in [0, 0.05) is 11.9 Å². The van der Waals surface area contributed by atoms with Gasteiger partial charge in [-0.3, -0.25) is 5.10 Å².